The molecule has 5 nitrogen and oxygen atoms in total. The van der Waals surface area contributed by atoms with Crippen LogP contribution in [0.3, 0.4) is 0 Å². The van der Waals surface area contributed by atoms with Crippen molar-refractivity contribution in [3.63, 3.8) is 0 Å². The molecular weight excluding hydrogens is 460 g/mol. The van der Waals surface area contributed by atoms with E-state index in [9.17, 15) is 4.79 Å². The van der Waals surface area contributed by atoms with Gasteiger partial charge in [-0.25, -0.2) is 0 Å². The minimum atomic E-state index is -0.235. The van der Waals surface area contributed by atoms with Gasteiger partial charge in [-0.1, -0.05) is 72.8 Å². The lowest BCUT2D eigenvalue weighted by atomic mass is 9.78. The van der Waals surface area contributed by atoms with E-state index in [2.05, 4.69) is 65.2 Å². The Hall–Kier alpha value is -4.51. The van der Waals surface area contributed by atoms with Crippen LogP contribution in [0.2, 0.25) is 0 Å². The van der Waals surface area contributed by atoms with Crippen LogP contribution in [0.4, 0.5) is 11.4 Å². The van der Waals surface area contributed by atoms with Crippen LogP contribution in [-0.2, 0) is 4.79 Å². The zero-order valence-corrected chi connectivity index (χ0v) is 20.2. The number of anilines is 2. The van der Waals surface area contributed by atoms with Gasteiger partial charge in [-0.15, -0.1) is 0 Å². The van der Waals surface area contributed by atoms with Crippen molar-refractivity contribution in [2.45, 2.75) is 24.8 Å². The molecule has 4 aromatic rings. The van der Waals surface area contributed by atoms with Crippen molar-refractivity contribution in [1.29, 1.82) is 0 Å². The summed E-state index contributed by atoms with van der Waals surface area (Å²) < 4.78 is 11.1. The lowest BCUT2D eigenvalue weighted by molar-refractivity contribution is -0.116. The van der Waals surface area contributed by atoms with Crippen LogP contribution >= 0.6 is 0 Å². The van der Waals surface area contributed by atoms with Crippen LogP contribution in [0.1, 0.15) is 35.9 Å². The number of fused-ring (bicyclic) bond motifs is 2. The number of carbonyl (C=O) groups is 1. The molecule has 0 saturated heterocycles. The predicted molar refractivity (Wildman–Crippen MR) is 145 cm³/mol. The fourth-order valence-corrected chi connectivity index (χ4v) is 5.64. The molecule has 0 fully saturated rings. The normalized spacial score (nSPS) is 19.8. The van der Waals surface area contributed by atoms with Crippen molar-refractivity contribution in [2.24, 2.45) is 0 Å². The van der Waals surface area contributed by atoms with E-state index >= 15 is 0 Å². The summed E-state index contributed by atoms with van der Waals surface area (Å²) in [5, 5.41) is 7.30. The van der Waals surface area contributed by atoms with Crippen LogP contribution in [-0.4, -0.2) is 12.6 Å². The molecule has 4 aromatic carbocycles. The standard InChI is InChI=1S/C32H26N2O3/c35-28-17-24(23-14-15-29-30(18-23)37-19-36-29)16-27-31(28)32(34-26-9-5-4-8-25(26)33-27)22-12-10-21(11-13-22)20-6-2-1-3-7-20/h1-15,18,24,32-34H,16-17,19H2/t24-,32-/m1/s1. The van der Waals surface area contributed by atoms with E-state index in [1.54, 1.807) is 0 Å². The molecule has 182 valence electrons. The molecule has 2 atom stereocenters. The molecule has 0 aromatic heterocycles. The minimum Gasteiger partial charge on any atom is -0.454 e. The molecule has 0 amide bonds. The predicted octanol–water partition coefficient (Wildman–Crippen LogP) is 7.06. The lowest BCUT2D eigenvalue weighted by Crippen LogP contribution is -2.26. The molecule has 0 radical (unpaired) electrons. The van der Waals surface area contributed by atoms with E-state index in [-0.39, 0.29) is 24.5 Å². The highest BCUT2D eigenvalue weighted by Gasteiger charge is 2.36. The number of hydrogen-bond acceptors (Lipinski definition) is 5. The highest BCUT2D eigenvalue weighted by Crippen LogP contribution is 2.45. The van der Waals surface area contributed by atoms with Gasteiger partial charge in [-0.3, -0.25) is 4.79 Å². The van der Waals surface area contributed by atoms with Gasteiger partial charge in [0.05, 0.1) is 17.4 Å². The highest BCUT2D eigenvalue weighted by molar-refractivity contribution is 6.01. The number of hydrogen-bond donors (Lipinski definition) is 2. The van der Waals surface area contributed by atoms with Crippen molar-refractivity contribution in [2.75, 3.05) is 17.4 Å². The summed E-state index contributed by atoms with van der Waals surface area (Å²) in [6, 6.07) is 32.8. The van der Waals surface area contributed by atoms with E-state index in [1.807, 2.05) is 42.5 Å². The summed E-state index contributed by atoms with van der Waals surface area (Å²) in [6.45, 7) is 0.242. The highest BCUT2D eigenvalue weighted by atomic mass is 16.7. The van der Waals surface area contributed by atoms with Crippen LogP contribution in [0.15, 0.2) is 108 Å². The number of ether oxygens (including phenoxy) is 2. The summed E-state index contributed by atoms with van der Waals surface area (Å²) >= 11 is 0. The summed E-state index contributed by atoms with van der Waals surface area (Å²) in [7, 11) is 0. The van der Waals surface area contributed by atoms with Crippen molar-refractivity contribution in [3.8, 4) is 22.6 Å². The topological polar surface area (TPSA) is 59.6 Å². The molecule has 1 aliphatic carbocycles. The van der Waals surface area contributed by atoms with Gasteiger partial charge >= 0.3 is 0 Å². The number of Topliss-reactive ketones (excluding diaryl/α,β-unsaturated/α-hetero) is 1. The molecule has 0 bridgehead atoms. The first-order valence-corrected chi connectivity index (χ1v) is 12.7. The van der Waals surface area contributed by atoms with Gasteiger partial charge in [0, 0.05) is 17.7 Å². The van der Waals surface area contributed by atoms with E-state index in [4.69, 9.17) is 9.47 Å². The van der Waals surface area contributed by atoms with Gasteiger partial charge < -0.3 is 20.1 Å². The second kappa shape index (κ2) is 8.86. The molecule has 5 heteroatoms. The van der Waals surface area contributed by atoms with Crippen LogP contribution < -0.4 is 20.1 Å². The second-order valence-corrected chi connectivity index (χ2v) is 9.77. The maximum Gasteiger partial charge on any atom is 0.231 e. The maximum absolute atomic E-state index is 13.8. The Kier molecular flexibility index (Phi) is 5.21. The third-order valence-electron chi connectivity index (χ3n) is 7.53. The molecule has 37 heavy (non-hydrogen) atoms. The van der Waals surface area contributed by atoms with Gasteiger partial charge in [-0.05, 0) is 58.9 Å². The fraction of sp³-hybridized carbons (Fsp3) is 0.156. The second-order valence-electron chi connectivity index (χ2n) is 9.77. The minimum absolute atomic E-state index is 0.0691. The summed E-state index contributed by atoms with van der Waals surface area (Å²) in [5.74, 6) is 1.74. The largest absolute Gasteiger partial charge is 0.454 e. The molecule has 7 rings (SSSR count). The van der Waals surface area contributed by atoms with Crippen molar-refractivity contribution < 1.29 is 14.3 Å². The fourth-order valence-electron chi connectivity index (χ4n) is 5.64. The zero-order valence-electron chi connectivity index (χ0n) is 20.2. The van der Waals surface area contributed by atoms with Crippen molar-refractivity contribution in [3.05, 3.63) is 119 Å². The maximum atomic E-state index is 13.8. The molecule has 0 spiro atoms. The first kappa shape index (κ1) is 21.7. The average Bonchev–Trinajstić information content (AvgIpc) is 3.34. The van der Waals surface area contributed by atoms with Gasteiger partial charge in [0.15, 0.2) is 17.3 Å². The number of para-hydroxylation sites is 2. The third kappa shape index (κ3) is 3.93. The number of ketones is 1. The average molecular weight is 487 g/mol. The van der Waals surface area contributed by atoms with Crippen molar-refractivity contribution >= 4 is 17.2 Å². The first-order valence-electron chi connectivity index (χ1n) is 12.7. The van der Waals surface area contributed by atoms with E-state index in [1.165, 1.54) is 5.56 Å². The number of rotatable bonds is 3. The Bertz CT molecular complexity index is 1530. The summed E-state index contributed by atoms with van der Waals surface area (Å²) in [4.78, 5) is 13.8. The number of nitrogens with one attached hydrogen (secondary N) is 2. The quantitative estimate of drug-likeness (QED) is 0.325. The third-order valence-corrected chi connectivity index (χ3v) is 7.53. The van der Waals surface area contributed by atoms with E-state index in [0.717, 1.165) is 57.3 Å². The molecule has 0 unspecified atom stereocenters. The summed E-state index contributed by atoms with van der Waals surface area (Å²) in [6.07, 6.45) is 1.20. The van der Waals surface area contributed by atoms with Crippen LogP contribution in [0.5, 0.6) is 11.5 Å². The van der Waals surface area contributed by atoms with Crippen molar-refractivity contribution in [1.82, 2.24) is 0 Å². The SMILES string of the molecule is O=C1C[C@H](c2ccc3c(c2)OCO3)CC2=C1[C@@H](c1ccc(-c3ccccc3)cc1)Nc1ccccc1N2. The van der Waals surface area contributed by atoms with Gasteiger partial charge in [0.1, 0.15) is 0 Å². The molecule has 2 N–H and O–H groups in total. The number of benzene rings is 4. The monoisotopic (exact) mass is 486 g/mol. The number of allylic oxidation sites excluding steroid dienone is 1. The Labute approximate surface area is 215 Å². The molecular formula is C32H26N2O3. The Morgan fingerprint density at radius 3 is 2.22 bits per heavy atom. The zero-order chi connectivity index (χ0) is 24.8. The molecule has 2 aliphatic heterocycles. The van der Waals surface area contributed by atoms with E-state index in [0.29, 0.717) is 6.42 Å². The van der Waals surface area contributed by atoms with Crippen LogP contribution in [0, 0.1) is 0 Å². The first-order chi connectivity index (χ1) is 18.2. The Balaban J connectivity index is 1.27. The molecule has 2 heterocycles. The molecule has 0 saturated carbocycles. The number of carbonyl (C=O) groups excluding carboxylic acids is 1. The Morgan fingerprint density at radius 2 is 1.38 bits per heavy atom. The summed E-state index contributed by atoms with van der Waals surface area (Å²) in [5.41, 5.74) is 8.27. The van der Waals surface area contributed by atoms with Gasteiger partial charge in [0.2, 0.25) is 6.79 Å². The molecule has 3 aliphatic rings. The van der Waals surface area contributed by atoms with Crippen LogP contribution in [0.25, 0.3) is 11.1 Å². The lowest BCUT2D eigenvalue weighted by Gasteiger charge is -2.30. The van der Waals surface area contributed by atoms with Gasteiger partial charge in [0.25, 0.3) is 0 Å². The Morgan fingerprint density at radius 1 is 0.676 bits per heavy atom. The van der Waals surface area contributed by atoms with Gasteiger partial charge in [-0.2, -0.15) is 0 Å². The smallest absolute Gasteiger partial charge is 0.231 e. The van der Waals surface area contributed by atoms with E-state index < -0.39 is 0 Å².